The Morgan fingerprint density at radius 1 is 1.46 bits per heavy atom. The van der Waals surface area contributed by atoms with Crippen LogP contribution in [0.2, 0.25) is 0 Å². The molecule has 4 heteroatoms. The number of thiophene rings is 1. The molecule has 13 heavy (non-hydrogen) atoms. The summed E-state index contributed by atoms with van der Waals surface area (Å²) in [5, 5.41) is 19.1. The first-order valence-electron chi connectivity index (χ1n) is 4.27. The largest absolute Gasteiger partial charge is 0.390 e. The van der Waals surface area contributed by atoms with Crippen molar-refractivity contribution in [3.8, 4) is 0 Å². The molecular weight excluding hydrogens is 186 g/mol. The second-order valence-electron chi connectivity index (χ2n) is 3.04. The number of nitrogens with two attached hydrogens (primary N) is 1. The van der Waals surface area contributed by atoms with E-state index in [9.17, 15) is 10.2 Å². The summed E-state index contributed by atoms with van der Waals surface area (Å²) in [5.74, 6) is 0. The van der Waals surface area contributed by atoms with Gasteiger partial charge in [0.25, 0.3) is 0 Å². The van der Waals surface area contributed by atoms with Gasteiger partial charge in [0.05, 0.1) is 6.10 Å². The molecule has 0 aliphatic rings. The lowest BCUT2D eigenvalue weighted by atomic mass is 10.1. The van der Waals surface area contributed by atoms with Crippen molar-refractivity contribution in [1.29, 1.82) is 0 Å². The third kappa shape index (κ3) is 2.77. The zero-order valence-electron chi connectivity index (χ0n) is 7.60. The molecule has 3 nitrogen and oxygen atoms in total. The maximum atomic E-state index is 9.64. The minimum absolute atomic E-state index is 0.391. The molecule has 0 saturated carbocycles. The Bertz CT molecular complexity index is 262. The first-order valence-corrected chi connectivity index (χ1v) is 5.09. The van der Waals surface area contributed by atoms with Crippen LogP contribution >= 0.6 is 11.3 Å². The van der Waals surface area contributed by atoms with E-state index in [2.05, 4.69) is 0 Å². The van der Waals surface area contributed by atoms with Crippen LogP contribution < -0.4 is 5.73 Å². The molecule has 2 atom stereocenters. The van der Waals surface area contributed by atoms with Gasteiger partial charge in [0.15, 0.2) is 0 Å². The molecule has 0 bridgehead atoms. The Balaban J connectivity index is 2.61. The molecule has 0 radical (unpaired) electrons. The van der Waals surface area contributed by atoms with E-state index >= 15 is 0 Å². The predicted molar refractivity (Wildman–Crippen MR) is 53.7 cm³/mol. The van der Waals surface area contributed by atoms with Crippen LogP contribution in [0.4, 0.5) is 0 Å². The number of aryl methyl sites for hydroxylation is 1. The van der Waals surface area contributed by atoms with Gasteiger partial charge in [-0.15, -0.1) is 11.3 Å². The van der Waals surface area contributed by atoms with Crippen LogP contribution in [0.3, 0.4) is 0 Å². The standard InChI is InChI=1S/C9H15NO2S/c1-6-2-3-8(13-6)9(12)7(11)4-5-10/h2-3,7,9,11-12H,4-5,10H2,1H3. The third-order valence-corrected chi connectivity index (χ3v) is 2.95. The van der Waals surface area contributed by atoms with Gasteiger partial charge in [-0.2, -0.15) is 0 Å². The monoisotopic (exact) mass is 201 g/mol. The fourth-order valence-electron chi connectivity index (χ4n) is 1.13. The van der Waals surface area contributed by atoms with Gasteiger partial charge >= 0.3 is 0 Å². The normalized spacial score (nSPS) is 15.7. The summed E-state index contributed by atoms with van der Waals surface area (Å²) < 4.78 is 0. The van der Waals surface area contributed by atoms with Crippen LogP contribution in [0.25, 0.3) is 0 Å². The SMILES string of the molecule is Cc1ccc(C(O)C(O)CCN)s1. The molecule has 0 aliphatic heterocycles. The van der Waals surface area contributed by atoms with Gasteiger partial charge in [0, 0.05) is 9.75 Å². The molecule has 74 valence electrons. The first-order chi connectivity index (χ1) is 6.15. The van der Waals surface area contributed by atoms with E-state index in [1.54, 1.807) is 0 Å². The first kappa shape index (κ1) is 10.7. The molecule has 0 spiro atoms. The van der Waals surface area contributed by atoms with Crippen LogP contribution in [0.15, 0.2) is 12.1 Å². The highest BCUT2D eigenvalue weighted by Gasteiger charge is 2.18. The van der Waals surface area contributed by atoms with Gasteiger partial charge in [0.2, 0.25) is 0 Å². The lowest BCUT2D eigenvalue weighted by molar-refractivity contribution is 0.0171. The van der Waals surface area contributed by atoms with Crippen LogP contribution in [-0.2, 0) is 0 Å². The number of hydrogen-bond acceptors (Lipinski definition) is 4. The molecule has 0 saturated heterocycles. The number of rotatable bonds is 4. The molecule has 1 rings (SSSR count). The fraction of sp³-hybridized carbons (Fsp3) is 0.556. The van der Waals surface area contributed by atoms with Crippen LogP contribution in [0.5, 0.6) is 0 Å². The maximum absolute atomic E-state index is 9.64. The number of aliphatic hydroxyl groups is 2. The Morgan fingerprint density at radius 3 is 2.62 bits per heavy atom. The summed E-state index contributed by atoms with van der Waals surface area (Å²) in [6.45, 7) is 2.36. The molecule has 0 aromatic carbocycles. The minimum atomic E-state index is -0.790. The van der Waals surface area contributed by atoms with Crippen molar-refractivity contribution in [3.63, 3.8) is 0 Å². The molecule has 1 heterocycles. The average molecular weight is 201 g/mol. The molecule has 0 amide bonds. The molecule has 0 fully saturated rings. The maximum Gasteiger partial charge on any atom is 0.114 e. The molecule has 1 aromatic rings. The highest BCUT2D eigenvalue weighted by Crippen LogP contribution is 2.25. The van der Waals surface area contributed by atoms with Gasteiger partial charge < -0.3 is 15.9 Å². The second kappa shape index (κ2) is 4.72. The van der Waals surface area contributed by atoms with Crippen molar-refractivity contribution < 1.29 is 10.2 Å². The van der Waals surface area contributed by atoms with Crippen LogP contribution in [0.1, 0.15) is 22.3 Å². The van der Waals surface area contributed by atoms with Gasteiger partial charge in [0.1, 0.15) is 6.10 Å². The van der Waals surface area contributed by atoms with E-state index in [0.29, 0.717) is 13.0 Å². The topological polar surface area (TPSA) is 66.5 Å². The fourth-order valence-corrected chi connectivity index (χ4v) is 2.05. The van der Waals surface area contributed by atoms with E-state index in [-0.39, 0.29) is 0 Å². The zero-order valence-corrected chi connectivity index (χ0v) is 8.42. The van der Waals surface area contributed by atoms with E-state index in [1.165, 1.54) is 11.3 Å². The average Bonchev–Trinajstić information content (AvgIpc) is 2.51. The smallest absolute Gasteiger partial charge is 0.114 e. The van der Waals surface area contributed by atoms with Gasteiger partial charge in [-0.1, -0.05) is 0 Å². The highest BCUT2D eigenvalue weighted by molar-refractivity contribution is 7.12. The Morgan fingerprint density at radius 2 is 2.15 bits per heavy atom. The van der Waals surface area contributed by atoms with Crippen molar-refractivity contribution in [1.82, 2.24) is 0 Å². The summed E-state index contributed by atoms with van der Waals surface area (Å²) in [4.78, 5) is 1.94. The second-order valence-corrected chi connectivity index (χ2v) is 4.36. The van der Waals surface area contributed by atoms with E-state index in [1.807, 2.05) is 19.1 Å². The van der Waals surface area contributed by atoms with E-state index in [0.717, 1.165) is 9.75 Å². The van der Waals surface area contributed by atoms with Gasteiger partial charge in [-0.3, -0.25) is 0 Å². The zero-order chi connectivity index (χ0) is 9.84. The van der Waals surface area contributed by atoms with Crippen LogP contribution in [-0.4, -0.2) is 22.9 Å². The molecule has 2 unspecified atom stereocenters. The summed E-state index contributed by atoms with van der Waals surface area (Å²) >= 11 is 1.50. The molecule has 0 aliphatic carbocycles. The van der Waals surface area contributed by atoms with Crippen molar-refractivity contribution >= 4 is 11.3 Å². The lowest BCUT2D eigenvalue weighted by Crippen LogP contribution is -2.20. The molecular formula is C9H15NO2S. The third-order valence-electron chi connectivity index (χ3n) is 1.88. The van der Waals surface area contributed by atoms with Crippen molar-refractivity contribution in [2.75, 3.05) is 6.54 Å². The van der Waals surface area contributed by atoms with E-state index in [4.69, 9.17) is 5.73 Å². The number of aliphatic hydroxyl groups excluding tert-OH is 2. The van der Waals surface area contributed by atoms with Gasteiger partial charge in [-0.25, -0.2) is 0 Å². The Labute approximate surface area is 81.8 Å². The summed E-state index contributed by atoms with van der Waals surface area (Å²) in [7, 11) is 0. The Kier molecular flexibility index (Phi) is 3.87. The summed E-state index contributed by atoms with van der Waals surface area (Å²) in [6.07, 6.45) is -1.11. The molecule has 1 aromatic heterocycles. The highest BCUT2D eigenvalue weighted by atomic mass is 32.1. The number of hydrogen-bond donors (Lipinski definition) is 3. The summed E-state index contributed by atoms with van der Waals surface area (Å²) in [5.41, 5.74) is 5.28. The van der Waals surface area contributed by atoms with E-state index < -0.39 is 12.2 Å². The minimum Gasteiger partial charge on any atom is -0.390 e. The molecule has 4 N–H and O–H groups in total. The predicted octanol–water partition coefficient (Wildman–Crippen LogP) is 0.800. The van der Waals surface area contributed by atoms with Gasteiger partial charge in [-0.05, 0) is 32.0 Å². The Hall–Kier alpha value is -0.420. The van der Waals surface area contributed by atoms with Crippen molar-refractivity contribution in [2.24, 2.45) is 5.73 Å². The van der Waals surface area contributed by atoms with Crippen molar-refractivity contribution in [3.05, 3.63) is 21.9 Å². The van der Waals surface area contributed by atoms with Crippen molar-refractivity contribution in [2.45, 2.75) is 25.6 Å². The van der Waals surface area contributed by atoms with Crippen LogP contribution in [0, 0.1) is 6.92 Å². The quantitative estimate of drug-likeness (QED) is 0.675. The summed E-state index contributed by atoms with van der Waals surface area (Å²) in [6, 6.07) is 3.77. The lowest BCUT2D eigenvalue weighted by Gasteiger charge is -2.15.